The predicted molar refractivity (Wildman–Crippen MR) is 125 cm³/mol. The molecular formula is C28H33NO3. The minimum atomic E-state index is -0.819. The Labute approximate surface area is 191 Å². The highest BCUT2D eigenvalue weighted by Crippen LogP contribution is 2.65. The van der Waals surface area contributed by atoms with Gasteiger partial charge < -0.3 is 14.4 Å². The van der Waals surface area contributed by atoms with Crippen LogP contribution in [-0.2, 0) is 16.0 Å². The fourth-order valence-electron chi connectivity index (χ4n) is 7.17. The number of hydrogen-bond donors (Lipinski definition) is 0. The molecule has 0 radical (unpaired) electrons. The van der Waals surface area contributed by atoms with Crippen LogP contribution in [0.1, 0.15) is 62.5 Å². The standard InChI is InChI=1S/C28H33NO3/c1-5-28(32-26(30)20-7-6-16-29(3)18-20)15-13-25-24-10-8-19-17-21(31-4)9-11-22(19)23(24)12-14-27(25,28)2/h1,6,9,11,16-18,23-25H,7-8,10,12-15H2,2-4H3. The van der Waals surface area contributed by atoms with Crippen molar-refractivity contribution in [3.63, 3.8) is 0 Å². The summed E-state index contributed by atoms with van der Waals surface area (Å²) in [5, 5.41) is 0. The third-order valence-electron chi connectivity index (χ3n) is 8.85. The first-order chi connectivity index (χ1) is 15.4. The van der Waals surface area contributed by atoms with Gasteiger partial charge in [-0.15, -0.1) is 6.42 Å². The van der Waals surface area contributed by atoms with Gasteiger partial charge in [0.1, 0.15) is 5.75 Å². The molecule has 5 atom stereocenters. The third kappa shape index (κ3) is 3.09. The smallest absolute Gasteiger partial charge is 0.337 e. The number of benzene rings is 1. The van der Waals surface area contributed by atoms with Crippen LogP contribution in [0.2, 0.25) is 0 Å². The Morgan fingerprint density at radius 1 is 1.25 bits per heavy atom. The van der Waals surface area contributed by atoms with Crippen LogP contribution in [0.5, 0.6) is 5.75 Å². The van der Waals surface area contributed by atoms with Crippen molar-refractivity contribution in [3.8, 4) is 18.1 Å². The Bertz CT molecular complexity index is 1030. The Hall–Kier alpha value is -2.67. The first kappa shape index (κ1) is 21.2. The summed E-state index contributed by atoms with van der Waals surface area (Å²) in [6, 6.07) is 6.59. The molecule has 0 N–H and O–H groups in total. The predicted octanol–water partition coefficient (Wildman–Crippen LogP) is 5.20. The van der Waals surface area contributed by atoms with Crippen LogP contribution in [0.15, 0.2) is 42.2 Å². The summed E-state index contributed by atoms with van der Waals surface area (Å²) in [5.41, 5.74) is 2.59. The molecule has 5 unspecified atom stereocenters. The van der Waals surface area contributed by atoms with E-state index in [4.69, 9.17) is 15.9 Å². The number of carbonyl (C=O) groups excluding carboxylic acids is 1. The largest absolute Gasteiger partial charge is 0.497 e. The Morgan fingerprint density at radius 2 is 2.09 bits per heavy atom. The van der Waals surface area contributed by atoms with Gasteiger partial charge in [-0.25, -0.2) is 4.79 Å². The maximum atomic E-state index is 13.1. The highest BCUT2D eigenvalue weighted by molar-refractivity contribution is 5.89. The van der Waals surface area contributed by atoms with Gasteiger partial charge in [0.2, 0.25) is 0 Å². The SMILES string of the molecule is C#CC1(OC(=O)C2=CN(C)C=CC2)CCC2C3CCc4cc(OC)ccc4C3CCC21C. The molecule has 1 aliphatic heterocycles. The first-order valence-electron chi connectivity index (χ1n) is 11.9. The summed E-state index contributed by atoms with van der Waals surface area (Å²) >= 11 is 0. The number of aryl methyl sites for hydroxylation is 1. The van der Waals surface area contributed by atoms with Crippen LogP contribution >= 0.6 is 0 Å². The van der Waals surface area contributed by atoms with Crippen molar-refractivity contribution < 1.29 is 14.3 Å². The number of rotatable bonds is 3. The minimum Gasteiger partial charge on any atom is -0.497 e. The van der Waals surface area contributed by atoms with Gasteiger partial charge in [-0.2, -0.15) is 0 Å². The summed E-state index contributed by atoms with van der Waals surface area (Å²) in [6.45, 7) is 2.29. The summed E-state index contributed by atoms with van der Waals surface area (Å²) < 4.78 is 11.7. The van der Waals surface area contributed by atoms with Crippen molar-refractivity contribution in [1.82, 2.24) is 4.90 Å². The second-order valence-electron chi connectivity index (χ2n) is 10.2. The number of terminal acetylenes is 1. The second-order valence-corrected chi connectivity index (χ2v) is 10.2. The van der Waals surface area contributed by atoms with E-state index in [1.807, 2.05) is 30.4 Å². The van der Waals surface area contributed by atoms with Crippen molar-refractivity contribution in [1.29, 1.82) is 0 Å². The molecule has 4 heteroatoms. The van der Waals surface area contributed by atoms with E-state index in [1.165, 1.54) is 17.5 Å². The topological polar surface area (TPSA) is 38.8 Å². The van der Waals surface area contributed by atoms with Crippen molar-refractivity contribution in [3.05, 3.63) is 53.4 Å². The molecule has 0 aromatic heterocycles. The molecule has 4 aliphatic rings. The highest BCUT2D eigenvalue weighted by atomic mass is 16.6. The lowest BCUT2D eigenvalue weighted by Crippen LogP contribution is -2.52. The van der Waals surface area contributed by atoms with Crippen LogP contribution in [0, 0.1) is 29.6 Å². The van der Waals surface area contributed by atoms with E-state index in [-0.39, 0.29) is 11.4 Å². The monoisotopic (exact) mass is 431 g/mol. The zero-order chi connectivity index (χ0) is 22.5. The van der Waals surface area contributed by atoms with E-state index in [9.17, 15) is 4.79 Å². The van der Waals surface area contributed by atoms with Crippen LogP contribution < -0.4 is 4.74 Å². The molecule has 3 aliphatic carbocycles. The van der Waals surface area contributed by atoms with Gasteiger partial charge >= 0.3 is 5.97 Å². The average molecular weight is 432 g/mol. The zero-order valence-electron chi connectivity index (χ0n) is 19.4. The molecule has 4 nitrogen and oxygen atoms in total. The molecule has 0 saturated heterocycles. The van der Waals surface area contributed by atoms with Gasteiger partial charge in [-0.05, 0) is 85.7 Å². The number of ether oxygens (including phenoxy) is 2. The highest BCUT2D eigenvalue weighted by Gasteiger charge is 2.63. The summed E-state index contributed by atoms with van der Waals surface area (Å²) in [7, 11) is 3.65. The Kier molecular flexibility index (Phi) is 5.12. The first-order valence-corrected chi connectivity index (χ1v) is 11.9. The lowest BCUT2D eigenvalue weighted by atomic mass is 9.53. The van der Waals surface area contributed by atoms with Crippen LogP contribution in [0.25, 0.3) is 0 Å². The molecule has 1 heterocycles. The fraction of sp³-hybridized carbons (Fsp3) is 0.536. The van der Waals surface area contributed by atoms with Crippen LogP contribution in [0.4, 0.5) is 0 Å². The van der Waals surface area contributed by atoms with E-state index in [2.05, 4.69) is 31.0 Å². The molecule has 0 spiro atoms. The van der Waals surface area contributed by atoms with Gasteiger partial charge in [0, 0.05) is 25.1 Å². The minimum absolute atomic E-state index is 0.181. The summed E-state index contributed by atoms with van der Waals surface area (Å²) in [5.74, 6) is 5.32. The van der Waals surface area contributed by atoms with Crippen LogP contribution in [0.3, 0.4) is 0 Å². The molecule has 2 saturated carbocycles. The van der Waals surface area contributed by atoms with Gasteiger partial charge in [-0.3, -0.25) is 0 Å². The molecule has 2 fully saturated rings. The summed E-state index contributed by atoms with van der Waals surface area (Å²) in [4.78, 5) is 15.0. The molecular weight excluding hydrogens is 398 g/mol. The van der Waals surface area contributed by atoms with Gasteiger partial charge in [0.05, 0.1) is 12.7 Å². The van der Waals surface area contributed by atoms with Crippen molar-refractivity contribution in [2.75, 3.05) is 14.2 Å². The van der Waals surface area contributed by atoms with Crippen molar-refractivity contribution >= 4 is 5.97 Å². The number of nitrogens with zero attached hydrogens (tertiary/aromatic N) is 1. The number of carbonyl (C=O) groups is 1. The Balaban J connectivity index is 1.41. The van der Waals surface area contributed by atoms with E-state index in [0.29, 0.717) is 29.7 Å². The number of methoxy groups -OCH3 is 1. The van der Waals surface area contributed by atoms with Gasteiger partial charge in [-0.1, -0.05) is 25.0 Å². The average Bonchev–Trinajstić information content (AvgIpc) is 3.10. The van der Waals surface area contributed by atoms with E-state index in [1.54, 1.807) is 7.11 Å². The van der Waals surface area contributed by atoms with Gasteiger partial charge in [0.15, 0.2) is 5.60 Å². The van der Waals surface area contributed by atoms with E-state index < -0.39 is 5.60 Å². The third-order valence-corrected chi connectivity index (χ3v) is 8.85. The quantitative estimate of drug-likeness (QED) is 0.487. The zero-order valence-corrected chi connectivity index (χ0v) is 19.4. The van der Waals surface area contributed by atoms with Crippen LogP contribution in [-0.4, -0.2) is 30.6 Å². The van der Waals surface area contributed by atoms with Crippen molar-refractivity contribution in [2.24, 2.45) is 17.3 Å². The lowest BCUT2D eigenvalue weighted by molar-refractivity contribution is -0.163. The fourth-order valence-corrected chi connectivity index (χ4v) is 7.17. The maximum absolute atomic E-state index is 13.1. The summed E-state index contributed by atoms with van der Waals surface area (Å²) in [6.07, 6.45) is 18.6. The van der Waals surface area contributed by atoms with E-state index in [0.717, 1.165) is 37.9 Å². The number of allylic oxidation sites excluding steroid dienone is 1. The van der Waals surface area contributed by atoms with E-state index >= 15 is 0 Å². The molecule has 1 aromatic carbocycles. The molecule has 5 rings (SSSR count). The van der Waals surface area contributed by atoms with Crippen molar-refractivity contribution in [2.45, 2.75) is 63.4 Å². The van der Waals surface area contributed by atoms with Gasteiger partial charge in [0.25, 0.3) is 0 Å². The normalized spacial score (nSPS) is 35.1. The second kappa shape index (κ2) is 7.73. The molecule has 0 amide bonds. The molecule has 32 heavy (non-hydrogen) atoms. The lowest BCUT2D eigenvalue weighted by Gasteiger charge is -2.52. The Morgan fingerprint density at radius 3 is 2.84 bits per heavy atom. The molecule has 1 aromatic rings. The maximum Gasteiger partial charge on any atom is 0.337 e. The number of hydrogen-bond acceptors (Lipinski definition) is 4. The number of fused-ring (bicyclic) bond motifs is 5. The molecule has 168 valence electrons. The molecule has 0 bridgehead atoms. The number of esters is 1.